The van der Waals surface area contributed by atoms with Gasteiger partial charge < -0.3 is 20.1 Å². The van der Waals surface area contributed by atoms with Crippen molar-refractivity contribution in [2.75, 3.05) is 31.7 Å². The summed E-state index contributed by atoms with van der Waals surface area (Å²) in [7, 11) is 0. The summed E-state index contributed by atoms with van der Waals surface area (Å²) in [5, 5.41) is 6.46. The second-order valence-corrected chi connectivity index (χ2v) is 7.41. The number of rotatable bonds is 5. The van der Waals surface area contributed by atoms with Crippen molar-refractivity contribution in [3.8, 4) is 5.75 Å². The maximum atomic E-state index is 12.5. The topological polar surface area (TPSA) is 59.6 Å². The molecule has 0 spiro atoms. The van der Waals surface area contributed by atoms with Gasteiger partial charge in [0.2, 0.25) is 5.91 Å². The smallest absolute Gasteiger partial charge is 0.227 e. The van der Waals surface area contributed by atoms with E-state index in [-0.39, 0.29) is 11.8 Å². The first kappa shape index (κ1) is 18.2. The molecule has 25 heavy (non-hydrogen) atoms. The van der Waals surface area contributed by atoms with E-state index in [4.69, 9.17) is 9.47 Å². The van der Waals surface area contributed by atoms with Crippen molar-refractivity contribution in [1.82, 2.24) is 5.32 Å². The van der Waals surface area contributed by atoms with E-state index in [2.05, 4.69) is 17.6 Å². The minimum atomic E-state index is 0.0872. The van der Waals surface area contributed by atoms with Gasteiger partial charge in [-0.05, 0) is 63.6 Å². The summed E-state index contributed by atoms with van der Waals surface area (Å²) in [5.74, 6) is 1.63. The van der Waals surface area contributed by atoms with Crippen molar-refractivity contribution in [2.24, 2.45) is 11.8 Å². The van der Waals surface area contributed by atoms with Crippen molar-refractivity contribution >= 4 is 11.6 Å². The zero-order valence-corrected chi connectivity index (χ0v) is 15.3. The monoisotopic (exact) mass is 346 g/mol. The predicted molar refractivity (Wildman–Crippen MR) is 99.0 cm³/mol. The molecule has 0 bridgehead atoms. The lowest BCUT2D eigenvalue weighted by Gasteiger charge is -2.27. The van der Waals surface area contributed by atoms with Crippen LogP contribution in [0.2, 0.25) is 0 Å². The number of piperidine rings is 1. The highest BCUT2D eigenvalue weighted by Gasteiger charge is 2.24. The summed E-state index contributed by atoms with van der Waals surface area (Å²) in [6.07, 6.45) is 3.91. The van der Waals surface area contributed by atoms with E-state index in [1.807, 2.05) is 25.1 Å². The quantitative estimate of drug-likeness (QED) is 0.860. The fourth-order valence-corrected chi connectivity index (χ4v) is 3.57. The maximum Gasteiger partial charge on any atom is 0.227 e. The van der Waals surface area contributed by atoms with Gasteiger partial charge in [-0.1, -0.05) is 6.07 Å². The summed E-state index contributed by atoms with van der Waals surface area (Å²) < 4.78 is 11.4. The SMILES string of the molecule is Cc1ccc(NC(=O)[C@H]2CCN[C@@H](C)C2)cc1OCC1CCOCC1. The van der Waals surface area contributed by atoms with E-state index < -0.39 is 0 Å². The normalized spacial score (nSPS) is 24.7. The number of hydrogen-bond donors (Lipinski definition) is 2. The van der Waals surface area contributed by atoms with Gasteiger partial charge in [-0.15, -0.1) is 0 Å². The number of amides is 1. The molecule has 2 heterocycles. The molecule has 2 atom stereocenters. The lowest BCUT2D eigenvalue weighted by atomic mass is 9.92. The second-order valence-electron chi connectivity index (χ2n) is 7.41. The van der Waals surface area contributed by atoms with Crippen LogP contribution in [0.25, 0.3) is 0 Å². The molecule has 2 fully saturated rings. The highest BCUT2D eigenvalue weighted by Crippen LogP contribution is 2.26. The predicted octanol–water partition coefficient (Wildman–Crippen LogP) is 3.13. The van der Waals surface area contributed by atoms with E-state index >= 15 is 0 Å². The number of hydrogen-bond acceptors (Lipinski definition) is 4. The van der Waals surface area contributed by atoms with E-state index in [1.165, 1.54) is 0 Å². The Labute approximate surface area is 150 Å². The molecule has 0 aromatic heterocycles. The molecule has 1 aromatic rings. The van der Waals surface area contributed by atoms with Crippen LogP contribution in [0.3, 0.4) is 0 Å². The molecule has 1 aromatic carbocycles. The van der Waals surface area contributed by atoms with Gasteiger partial charge in [0.25, 0.3) is 0 Å². The number of carbonyl (C=O) groups excluding carboxylic acids is 1. The lowest BCUT2D eigenvalue weighted by molar-refractivity contribution is -0.120. The van der Waals surface area contributed by atoms with Crippen LogP contribution in [0.1, 0.15) is 38.2 Å². The Morgan fingerprint density at radius 3 is 2.88 bits per heavy atom. The molecule has 2 aliphatic rings. The fraction of sp³-hybridized carbons (Fsp3) is 0.650. The van der Waals surface area contributed by atoms with Crippen LogP contribution in [-0.4, -0.2) is 38.3 Å². The average molecular weight is 346 g/mol. The molecule has 0 saturated carbocycles. The molecule has 3 rings (SSSR count). The van der Waals surface area contributed by atoms with Crippen LogP contribution in [0, 0.1) is 18.8 Å². The van der Waals surface area contributed by atoms with Crippen molar-refractivity contribution in [2.45, 2.75) is 45.6 Å². The molecule has 2 N–H and O–H groups in total. The van der Waals surface area contributed by atoms with Crippen LogP contribution in [0.5, 0.6) is 5.75 Å². The van der Waals surface area contributed by atoms with Gasteiger partial charge in [0, 0.05) is 36.9 Å². The Bertz CT molecular complexity index is 584. The molecule has 138 valence electrons. The molecule has 0 unspecified atom stereocenters. The van der Waals surface area contributed by atoms with Crippen molar-refractivity contribution < 1.29 is 14.3 Å². The molecule has 5 heteroatoms. The van der Waals surface area contributed by atoms with E-state index in [9.17, 15) is 4.79 Å². The third-order valence-corrected chi connectivity index (χ3v) is 5.27. The highest BCUT2D eigenvalue weighted by atomic mass is 16.5. The van der Waals surface area contributed by atoms with Gasteiger partial charge in [-0.25, -0.2) is 0 Å². The molecule has 0 radical (unpaired) electrons. The summed E-state index contributed by atoms with van der Waals surface area (Å²) in [6, 6.07) is 6.33. The van der Waals surface area contributed by atoms with Gasteiger partial charge in [-0.2, -0.15) is 0 Å². The number of nitrogens with one attached hydrogen (secondary N) is 2. The number of benzene rings is 1. The van der Waals surface area contributed by atoms with Crippen LogP contribution < -0.4 is 15.4 Å². The lowest BCUT2D eigenvalue weighted by Crippen LogP contribution is -2.40. The number of ether oxygens (including phenoxy) is 2. The number of carbonyl (C=O) groups is 1. The van der Waals surface area contributed by atoms with Gasteiger partial charge in [0.1, 0.15) is 5.75 Å². The molecule has 2 aliphatic heterocycles. The molecule has 0 aliphatic carbocycles. The Morgan fingerprint density at radius 1 is 1.32 bits per heavy atom. The molecular formula is C20H30N2O3. The van der Waals surface area contributed by atoms with Gasteiger partial charge in [-0.3, -0.25) is 4.79 Å². The molecule has 5 nitrogen and oxygen atoms in total. The molecule has 1 amide bonds. The average Bonchev–Trinajstić information content (AvgIpc) is 2.63. The van der Waals surface area contributed by atoms with Crippen molar-refractivity contribution in [3.05, 3.63) is 23.8 Å². The first-order valence-electron chi connectivity index (χ1n) is 9.47. The summed E-state index contributed by atoms with van der Waals surface area (Å²) in [5.41, 5.74) is 1.92. The van der Waals surface area contributed by atoms with Crippen molar-refractivity contribution in [3.63, 3.8) is 0 Å². The van der Waals surface area contributed by atoms with Gasteiger partial charge >= 0.3 is 0 Å². The summed E-state index contributed by atoms with van der Waals surface area (Å²) >= 11 is 0. The van der Waals surface area contributed by atoms with E-state index in [0.717, 1.165) is 62.4 Å². The fourth-order valence-electron chi connectivity index (χ4n) is 3.57. The Kier molecular flexibility index (Phi) is 6.32. The second kappa shape index (κ2) is 8.68. The molecule has 2 saturated heterocycles. The van der Waals surface area contributed by atoms with E-state index in [0.29, 0.717) is 18.6 Å². The maximum absolute atomic E-state index is 12.5. The minimum absolute atomic E-state index is 0.0872. The number of anilines is 1. The third-order valence-electron chi connectivity index (χ3n) is 5.27. The zero-order valence-electron chi connectivity index (χ0n) is 15.3. The summed E-state index contributed by atoms with van der Waals surface area (Å²) in [4.78, 5) is 12.5. The van der Waals surface area contributed by atoms with Crippen molar-refractivity contribution in [1.29, 1.82) is 0 Å². The van der Waals surface area contributed by atoms with Crippen LogP contribution in [-0.2, 0) is 9.53 Å². The standard InChI is InChI=1S/C20H30N2O3/c1-14-3-4-18(22-20(23)17-5-8-21-15(2)11-17)12-19(14)25-13-16-6-9-24-10-7-16/h3-4,12,15-17,21H,5-11,13H2,1-2H3,(H,22,23)/t15-,17-/m0/s1. The largest absolute Gasteiger partial charge is 0.493 e. The Balaban J connectivity index is 1.57. The zero-order chi connectivity index (χ0) is 17.6. The van der Waals surface area contributed by atoms with Crippen LogP contribution in [0.15, 0.2) is 18.2 Å². The highest BCUT2D eigenvalue weighted by molar-refractivity contribution is 5.92. The Morgan fingerprint density at radius 2 is 2.12 bits per heavy atom. The number of aryl methyl sites for hydroxylation is 1. The Hall–Kier alpha value is -1.59. The first-order valence-corrected chi connectivity index (χ1v) is 9.47. The van der Waals surface area contributed by atoms with Crippen LogP contribution in [0.4, 0.5) is 5.69 Å². The first-order chi connectivity index (χ1) is 12.1. The van der Waals surface area contributed by atoms with Crippen LogP contribution >= 0.6 is 0 Å². The van der Waals surface area contributed by atoms with Gasteiger partial charge in [0.15, 0.2) is 0 Å². The van der Waals surface area contributed by atoms with E-state index in [1.54, 1.807) is 0 Å². The minimum Gasteiger partial charge on any atom is -0.493 e. The molecular weight excluding hydrogens is 316 g/mol. The van der Waals surface area contributed by atoms with Gasteiger partial charge in [0.05, 0.1) is 6.61 Å². The summed E-state index contributed by atoms with van der Waals surface area (Å²) in [6.45, 7) is 7.46. The third kappa shape index (κ3) is 5.19.